The molecule has 1 N–H and O–H groups in total. The number of nitrogens with zero attached hydrogens (tertiary/aromatic N) is 1. The zero-order valence-corrected chi connectivity index (χ0v) is 15.0. The number of urea groups is 1. The molecule has 1 aliphatic carbocycles. The third kappa shape index (κ3) is 3.99. The van der Waals surface area contributed by atoms with Crippen LogP contribution in [0.5, 0.6) is 0 Å². The van der Waals surface area contributed by atoms with Crippen molar-refractivity contribution in [2.24, 2.45) is 0 Å². The smallest absolute Gasteiger partial charge is 0.318 e. The van der Waals surface area contributed by atoms with E-state index in [-0.39, 0.29) is 12.1 Å². The Bertz CT molecular complexity index is 679. The summed E-state index contributed by atoms with van der Waals surface area (Å²) in [6.45, 7) is 3.39. The van der Waals surface area contributed by atoms with Crippen LogP contribution in [0.4, 0.5) is 4.79 Å². The molecule has 2 amide bonds. The number of rotatable bonds is 6. The van der Waals surface area contributed by atoms with Gasteiger partial charge in [0.1, 0.15) is 11.5 Å². The summed E-state index contributed by atoms with van der Waals surface area (Å²) in [5.74, 6) is 1.64. The quantitative estimate of drug-likeness (QED) is 0.862. The minimum absolute atomic E-state index is 0.0647. The molecule has 0 aliphatic heterocycles. The lowest BCUT2D eigenvalue weighted by Crippen LogP contribution is -2.43. The predicted octanol–water partition coefficient (Wildman–Crippen LogP) is 3.89. The first-order valence-corrected chi connectivity index (χ1v) is 9.21. The van der Waals surface area contributed by atoms with Crippen molar-refractivity contribution in [1.29, 1.82) is 0 Å². The SMILES string of the molecule is COCCN(Cc1ccc(C)o1)C(=O)NC1CCCc2sccc21. The first-order chi connectivity index (χ1) is 11.7. The average molecular weight is 348 g/mol. The van der Waals surface area contributed by atoms with E-state index in [1.54, 1.807) is 23.3 Å². The van der Waals surface area contributed by atoms with Crippen molar-refractivity contribution >= 4 is 17.4 Å². The molecule has 1 unspecified atom stereocenters. The molecule has 0 spiro atoms. The van der Waals surface area contributed by atoms with Crippen LogP contribution in [-0.4, -0.2) is 31.2 Å². The van der Waals surface area contributed by atoms with Gasteiger partial charge in [-0.3, -0.25) is 0 Å². The molecule has 1 atom stereocenters. The van der Waals surface area contributed by atoms with Gasteiger partial charge in [-0.2, -0.15) is 0 Å². The van der Waals surface area contributed by atoms with Gasteiger partial charge in [0.25, 0.3) is 0 Å². The van der Waals surface area contributed by atoms with E-state index in [2.05, 4.69) is 16.8 Å². The van der Waals surface area contributed by atoms with Gasteiger partial charge in [-0.1, -0.05) is 0 Å². The molecule has 24 heavy (non-hydrogen) atoms. The number of carbonyl (C=O) groups excluding carboxylic acids is 1. The average Bonchev–Trinajstić information content (AvgIpc) is 3.20. The Kier molecular flexibility index (Phi) is 5.58. The molecule has 2 heterocycles. The molecule has 1 aliphatic rings. The van der Waals surface area contributed by atoms with Gasteiger partial charge in [-0.05, 0) is 55.3 Å². The second-order valence-electron chi connectivity index (χ2n) is 6.12. The number of fused-ring (bicyclic) bond motifs is 1. The van der Waals surface area contributed by atoms with Gasteiger partial charge in [0.2, 0.25) is 0 Å². The van der Waals surface area contributed by atoms with E-state index >= 15 is 0 Å². The maximum atomic E-state index is 12.8. The molecule has 3 rings (SSSR count). The van der Waals surface area contributed by atoms with Crippen molar-refractivity contribution in [3.8, 4) is 0 Å². The van der Waals surface area contributed by atoms with Crippen molar-refractivity contribution in [1.82, 2.24) is 10.2 Å². The first kappa shape index (κ1) is 17.0. The predicted molar refractivity (Wildman–Crippen MR) is 94.3 cm³/mol. The lowest BCUT2D eigenvalue weighted by molar-refractivity contribution is 0.140. The van der Waals surface area contributed by atoms with E-state index in [1.165, 1.54) is 10.4 Å². The number of amides is 2. The van der Waals surface area contributed by atoms with Crippen LogP contribution in [0.25, 0.3) is 0 Å². The third-order valence-electron chi connectivity index (χ3n) is 4.34. The van der Waals surface area contributed by atoms with E-state index in [1.807, 2.05) is 19.1 Å². The highest BCUT2D eigenvalue weighted by Crippen LogP contribution is 2.33. The zero-order chi connectivity index (χ0) is 16.9. The Morgan fingerprint density at radius 3 is 3.08 bits per heavy atom. The Morgan fingerprint density at radius 2 is 2.33 bits per heavy atom. The van der Waals surface area contributed by atoms with E-state index in [0.717, 1.165) is 30.8 Å². The second-order valence-corrected chi connectivity index (χ2v) is 7.12. The van der Waals surface area contributed by atoms with Gasteiger partial charge >= 0.3 is 6.03 Å². The Morgan fingerprint density at radius 1 is 1.46 bits per heavy atom. The van der Waals surface area contributed by atoms with Crippen LogP contribution < -0.4 is 5.32 Å². The molecule has 130 valence electrons. The molecule has 0 aromatic carbocycles. The van der Waals surface area contributed by atoms with Gasteiger partial charge < -0.3 is 19.4 Å². The summed E-state index contributed by atoms with van der Waals surface area (Å²) in [4.78, 5) is 15.9. The van der Waals surface area contributed by atoms with Crippen molar-refractivity contribution in [3.63, 3.8) is 0 Å². The summed E-state index contributed by atoms with van der Waals surface area (Å²) >= 11 is 1.78. The molecule has 6 heteroatoms. The molecule has 0 fully saturated rings. The summed E-state index contributed by atoms with van der Waals surface area (Å²) < 4.78 is 10.8. The van der Waals surface area contributed by atoms with Crippen LogP contribution >= 0.6 is 11.3 Å². The fraction of sp³-hybridized carbons (Fsp3) is 0.500. The number of methoxy groups -OCH3 is 1. The monoisotopic (exact) mass is 348 g/mol. The summed E-state index contributed by atoms with van der Waals surface area (Å²) in [7, 11) is 1.64. The van der Waals surface area contributed by atoms with E-state index in [9.17, 15) is 4.79 Å². The molecule has 0 radical (unpaired) electrons. The number of nitrogens with one attached hydrogen (secondary N) is 1. The molecule has 5 nitrogen and oxygen atoms in total. The van der Waals surface area contributed by atoms with Gasteiger partial charge in [0.15, 0.2) is 0 Å². The summed E-state index contributed by atoms with van der Waals surface area (Å²) in [5, 5.41) is 5.31. The molecule has 2 aromatic rings. The number of aryl methyl sites for hydroxylation is 2. The number of carbonyl (C=O) groups is 1. The highest BCUT2D eigenvalue weighted by Gasteiger charge is 2.25. The fourth-order valence-electron chi connectivity index (χ4n) is 3.09. The van der Waals surface area contributed by atoms with E-state index in [4.69, 9.17) is 9.15 Å². The fourth-order valence-corrected chi connectivity index (χ4v) is 4.08. The van der Waals surface area contributed by atoms with Crippen LogP contribution in [0.15, 0.2) is 28.0 Å². The lowest BCUT2D eigenvalue weighted by Gasteiger charge is -2.28. The van der Waals surface area contributed by atoms with Crippen LogP contribution in [0, 0.1) is 6.92 Å². The number of hydrogen-bond acceptors (Lipinski definition) is 4. The molecular formula is C18H24N2O3S. The molecule has 2 aromatic heterocycles. The van der Waals surface area contributed by atoms with Crippen LogP contribution in [0.2, 0.25) is 0 Å². The molecule has 0 bridgehead atoms. The van der Waals surface area contributed by atoms with Crippen LogP contribution in [0.3, 0.4) is 0 Å². The Labute approximate surface area is 146 Å². The number of hydrogen-bond donors (Lipinski definition) is 1. The first-order valence-electron chi connectivity index (χ1n) is 8.33. The number of thiophene rings is 1. The van der Waals surface area contributed by atoms with Crippen molar-refractivity contribution < 1.29 is 13.9 Å². The minimum atomic E-state index is -0.0647. The topological polar surface area (TPSA) is 54.7 Å². The molecular weight excluding hydrogens is 324 g/mol. The zero-order valence-electron chi connectivity index (χ0n) is 14.2. The summed E-state index contributed by atoms with van der Waals surface area (Å²) in [6.07, 6.45) is 3.24. The lowest BCUT2D eigenvalue weighted by atomic mass is 9.94. The van der Waals surface area contributed by atoms with Crippen LogP contribution in [0.1, 0.15) is 40.8 Å². The number of ether oxygens (including phenoxy) is 1. The standard InChI is InChI=1S/C18H24N2O3S/c1-13-6-7-14(23-13)12-20(9-10-22-2)18(21)19-16-4-3-5-17-15(16)8-11-24-17/h6-8,11,16H,3-5,9-10,12H2,1-2H3,(H,19,21). The van der Waals surface area contributed by atoms with Crippen molar-refractivity contribution in [2.75, 3.05) is 20.3 Å². The maximum absolute atomic E-state index is 12.8. The van der Waals surface area contributed by atoms with E-state index in [0.29, 0.717) is 19.7 Å². The molecule has 0 saturated carbocycles. The van der Waals surface area contributed by atoms with Crippen molar-refractivity contribution in [3.05, 3.63) is 45.5 Å². The molecule has 0 saturated heterocycles. The third-order valence-corrected chi connectivity index (χ3v) is 5.34. The highest BCUT2D eigenvalue weighted by molar-refractivity contribution is 7.10. The van der Waals surface area contributed by atoms with Gasteiger partial charge in [0.05, 0.1) is 19.2 Å². The maximum Gasteiger partial charge on any atom is 0.318 e. The normalized spacial score (nSPS) is 16.7. The minimum Gasteiger partial charge on any atom is -0.464 e. The van der Waals surface area contributed by atoms with Gasteiger partial charge in [-0.15, -0.1) is 11.3 Å². The highest BCUT2D eigenvalue weighted by atomic mass is 32.1. The summed E-state index contributed by atoms with van der Waals surface area (Å²) in [6, 6.07) is 6.01. The van der Waals surface area contributed by atoms with Crippen LogP contribution in [-0.2, 0) is 17.7 Å². The largest absolute Gasteiger partial charge is 0.464 e. The number of furan rings is 1. The Hall–Kier alpha value is -1.79. The Balaban J connectivity index is 1.67. The van der Waals surface area contributed by atoms with Crippen molar-refractivity contribution in [2.45, 2.75) is 38.8 Å². The van der Waals surface area contributed by atoms with E-state index < -0.39 is 0 Å². The second kappa shape index (κ2) is 7.85. The van der Waals surface area contributed by atoms with Gasteiger partial charge in [0, 0.05) is 18.5 Å². The van der Waals surface area contributed by atoms with Gasteiger partial charge in [-0.25, -0.2) is 4.79 Å². The summed E-state index contributed by atoms with van der Waals surface area (Å²) in [5.41, 5.74) is 1.28.